The Bertz CT molecular complexity index is 968. The van der Waals surface area contributed by atoms with Crippen LogP contribution in [-0.4, -0.2) is 54.9 Å². The number of nitrogens with one attached hydrogen (secondary N) is 1. The number of benzene rings is 3. The number of piperazine rings is 1. The lowest BCUT2D eigenvalue weighted by Gasteiger charge is -2.29. The predicted molar refractivity (Wildman–Crippen MR) is 132 cm³/mol. The Morgan fingerprint density at radius 2 is 1.29 bits per heavy atom. The van der Waals surface area contributed by atoms with Crippen LogP contribution in [0.15, 0.2) is 84.9 Å². The Labute approximate surface area is 199 Å². The maximum Gasteiger partial charge on any atom is 0.414 e. The fourth-order valence-electron chi connectivity index (χ4n) is 3.87. The zero-order chi connectivity index (χ0) is 24.2. The monoisotopic (exact) mass is 462 g/mol. The van der Waals surface area contributed by atoms with E-state index in [1.54, 1.807) is 0 Å². The summed E-state index contributed by atoms with van der Waals surface area (Å²) in [5.41, 5.74) is 3.96. The van der Waals surface area contributed by atoms with Crippen molar-refractivity contribution in [1.82, 2.24) is 5.32 Å². The van der Waals surface area contributed by atoms with Gasteiger partial charge in [-0.25, -0.2) is 9.59 Å². The van der Waals surface area contributed by atoms with Crippen molar-refractivity contribution in [3.05, 3.63) is 96.1 Å². The van der Waals surface area contributed by atoms with Gasteiger partial charge in [-0.15, -0.1) is 0 Å². The number of nitrogens with zero attached hydrogens (tertiary/aromatic N) is 1. The molecule has 7 nitrogen and oxygen atoms in total. The molecule has 1 fully saturated rings. The molecule has 0 bridgehead atoms. The van der Waals surface area contributed by atoms with Gasteiger partial charge in [0.2, 0.25) is 0 Å². The number of carboxylic acid groups (broad SMARTS) is 2. The van der Waals surface area contributed by atoms with Gasteiger partial charge in [-0.05, 0) is 41.8 Å². The van der Waals surface area contributed by atoms with Crippen LogP contribution in [0, 0.1) is 0 Å². The first-order valence-corrected chi connectivity index (χ1v) is 11.3. The van der Waals surface area contributed by atoms with Crippen molar-refractivity contribution in [2.75, 3.05) is 37.7 Å². The van der Waals surface area contributed by atoms with Gasteiger partial charge in [0, 0.05) is 37.8 Å². The zero-order valence-corrected chi connectivity index (χ0v) is 19.0. The lowest BCUT2D eigenvalue weighted by atomic mass is 9.89. The van der Waals surface area contributed by atoms with Crippen molar-refractivity contribution in [2.24, 2.45) is 0 Å². The summed E-state index contributed by atoms with van der Waals surface area (Å²) >= 11 is 0. The van der Waals surface area contributed by atoms with Gasteiger partial charge < -0.3 is 25.2 Å². The minimum atomic E-state index is -1.82. The highest BCUT2D eigenvalue weighted by molar-refractivity contribution is 6.27. The third-order valence-corrected chi connectivity index (χ3v) is 5.58. The van der Waals surface area contributed by atoms with Crippen LogP contribution < -0.4 is 15.0 Å². The van der Waals surface area contributed by atoms with Crippen LogP contribution in [0.3, 0.4) is 0 Å². The second-order valence-corrected chi connectivity index (χ2v) is 7.85. The molecule has 34 heavy (non-hydrogen) atoms. The van der Waals surface area contributed by atoms with E-state index in [1.807, 2.05) is 0 Å². The lowest BCUT2D eigenvalue weighted by Crippen LogP contribution is -2.43. The Balaban J connectivity index is 0.000000481. The van der Waals surface area contributed by atoms with E-state index >= 15 is 0 Å². The molecule has 3 N–H and O–H groups in total. The number of aliphatic carboxylic acids is 2. The van der Waals surface area contributed by atoms with Gasteiger partial charge in [0.25, 0.3) is 0 Å². The van der Waals surface area contributed by atoms with E-state index in [-0.39, 0.29) is 0 Å². The van der Waals surface area contributed by atoms with Crippen LogP contribution in [0.5, 0.6) is 5.75 Å². The minimum absolute atomic E-state index is 0.350. The molecular weight excluding hydrogens is 432 g/mol. The van der Waals surface area contributed by atoms with Crippen LogP contribution in [0.25, 0.3) is 0 Å². The summed E-state index contributed by atoms with van der Waals surface area (Å²) in [6.07, 6.45) is 0.952. The molecule has 3 aromatic carbocycles. The molecule has 0 spiro atoms. The van der Waals surface area contributed by atoms with E-state index in [4.69, 9.17) is 24.5 Å². The summed E-state index contributed by atoms with van der Waals surface area (Å²) in [7, 11) is 0. The fourth-order valence-corrected chi connectivity index (χ4v) is 3.87. The third kappa shape index (κ3) is 7.64. The number of anilines is 1. The summed E-state index contributed by atoms with van der Waals surface area (Å²) in [4.78, 5) is 20.6. The second kappa shape index (κ2) is 13.0. The molecular formula is C27H30N2O5. The van der Waals surface area contributed by atoms with Gasteiger partial charge in [0.05, 0.1) is 6.61 Å². The van der Waals surface area contributed by atoms with Crippen molar-refractivity contribution in [1.29, 1.82) is 0 Å². The third-order valence-electron chi connectivity index (χ3n) is 5.58. The van der Waals surface area contributed by atoms with Crippen molar-refractivity contribution in [2.45, 2.75) is 12.3 Å². The number of rotatable bonds is 7. The molecule has 0 aromatic heterocycles. The van der Waals surface area contributed by atoms with E-state index in [1.165, 1.54) is 16.8 Å². The number of hydrogen-bond donors (Lipinski definition) is 3. The topological polar surface area (TPSA) is 99.1 Å². The maximum atomic E-state index is 9.10. The molecule has 0 aliphatic carbocycles. The molecule has 0 saturated carbocycles. The van der Waals surface area contributed by atoms with Gasteiger partial charge >= 0.3 is 11.9 Å². The second-order valence-electron chi connectivity index (χ2n) is 7.85. The highest BCUT2D eigenvalue weighted by Gasteiger charge is 2.14. The van der Waals surface area contributed by atoms with Crippen LogP contribution in [0.1, 0.15) is 23.5 Å². The average molecular weight is 463 g/mol. The molecule has 178 valence electrons. The molecule has 0 radical (unpaired) electrons. The highest BCUT2D eigenvalue weighted by atomic mass is 16.5. The van der Waals surface area contributed by atoms with Crippen molar-refractivity contribution in [3.63, 3.8) is 0 Å². The van der Waals surface area contributed by atoms with Crippen molar-refractivity contribution in [3.8, 4) is 5.75 Å². The molecule has 1 saturated heterocycles. The summed E-state index contributed by atoms with van der Waals surface area (Å²) in [6.45, 7) is 4.94. The summed E-state index contributed by atoms with van der Waals surface area (Å²) in [6, 6.07) is 30.0. The summed E-state index contributed by atoms with van der Waals surface area (Å²) in [5, 5.41) is 18.2. The Kier molecular flexibility index (Phi) is 9.49. The standard InChI is InChI=1S/C25H28N2O.C2H2O4/c1-3-7-21(8-4-1)25(22-9-5-2-6-10-22)15-20-28-24-13-11-23(12-14-24)27-18-16-26-17-19-27;3-1(4)2(5)6/h1-14,25-26H,15-20H2;(H,3,4)(H,5,6). The molecule has 3 aromatic rings. The van der Waals surface area contributed by atoms with Crippen LogP contribution in [0.4, 0.5) is 5.69 Å². The van der Waals surface area contributed by atoms with E-state index in [9.17, 15) is 0 Å². The number of carbonyl (C=O) groups is 2. The van der Waals surface area contributed by atoms with Gasteiger partial charge in [-0.1, -0.05) is 60.7 Å². The number of hydrogen-bond acceptors (Lipinski definition) is 5. The lowest BCUT2D eigenvalue weighted by molar-refractivity contribution is -0.159. The fraction of sp³-hybridized carbons (Fsp3) is 0.259. The zero-order valence-electron chi connectivity index (χ0n) is 19.0. The van der Waals surface area contributed by atoms with Gasteiger partial charge in [-0.2, -0.15) is 0 Å². The largest absolute Gasteiger partial charge is 0.494 e. The van der Waals surface area contributed by atoms with Gasteiger partial charge in [-0.3, -0.25) is 0 Å². The summed E-state index contributed by atoms with van der Waals surface area (Å²) in [5.74, 6) is -2.36. The molecule has 1 aliphatic rings. The SMILES string of the molecule is O=C(O)C(=O)O.c1ccc(C(CCOc2ccc(N3CCNCC3)cc2)c2ccccc2)cc1. The average Bonchev–Trinajstić information content (AvgIpc) is 2.89. The highest BCUT2D eigenvalue weighted by Crippen LogP contribution is 2.28. The summed E-state index contributed by atoms with van der Waals surface area (Å²) < 4.78 is 6.09. The van der Waals surface area contributed by atoms with Crippen LogP contribution >= 0.6 is 0 Å². The Morgan fingerprint density at radius 3 is 1.76 bits per heavy atom. The normalized spacial score (nSPS) is 13.0. The molecule has 7 heteroatoms. The van der Waals surface area contributed by atoms with E-state index < -0.39 is 11.9 Å². The first-order chi connectivity index (χ1) is 16.5. The Hall–Kier alpha value is -3.84. The molecule has 0 unspecified atom stereocenters. The molecule has 1 aliphatic heterocycles. The Morgan fingerprint density at radius 1 is 0.794 bits per heavy atom. The smallest absolute Gasteiger partial charge is 0.414 e. The van der Waals surface area contributed by atoms with Crippen LogP contribution in [-0.2, 0) is 9.59 Å². The van der Waals surface area contributed by atoms with E-state index in [0.717, 1.165) is 38.3 Å². The number of ether oxygens (including phenoxy) is 1. The molecule has 1 heterocycles. The quantitative estimate of drug-likeness (QED) is 0.459. The van der Waals surface area contributed by atoms with E-state index in [0.29, 0.717) is 12.5 Å². The molecule has 0 amide bonds. The molecule has 0 atom stereocenters. The van der Waals surface area contributed by atoms with Crippen LogP contribution in [0.2, 0.25) is 0 Å². The molecule has 4 rings (SSSR count). The first kappa shape index (κ1) is 24.8. The predicted octanol–water partition coefficient (Wildman–Crippen LogP) is 3.85. The van der Waals surface area contributed by atoms with Gasteiger partial charge in [0.15, 0.2) is 0 Å². The van der Waals surface area contributed by atoms with Crippen molar-refractivity contribution >= 4 is 17.6 Å². The number of carboxylic acids is 2. The van der Waals surface area contributed by atoms with Crippen molar-refractivity contribution < 1.29 is 24.5 Å². The maximum absolute atomic E-state index is 9.10. The van der Waals surface area contributed by atoms with E-state index in [2.05, 4.69) is 95.1 Å². The minimum Gasteiger partial charge on any atom is -0.494 e. The first-order valence-electron chi connectivity index (χ1n) is 11.3. The van der Waals surface area contributed by atoms with Gasteiger partial charge in [0.1, 0.15) is 5.75 Å².